The van der Waals surface area contributed by atoms with E-state index in [2.05, 4.69) is 15.6 Å². The van der Waals surface area contributed by atoms with Crippen LogP contribution in [0.15, 0.2) is 36.4 Å². The monoisotopic (exact) mass is 473 g/mol. The number of rotatable bonds is 5. The molecule has 3 heterocycles. The molecule has 0 spiro atoms. The van der Waals surface area contributed by atoms with Gasteiger partial charge in [0.1, 0.15) is 28.9 Å². The van der Waals surface area contributed by atoms with Crippen molar-refractivity contribution in [3.63, 3.8) is 0 Å². The van der Waals surface area contributed by atoms with Crippen molar-refractivity contribution in [1.29, 1.82) is 0 Å². The Hall–Kier alpha value is -3.20. The predicted octanol–water partition coefficient (Wildman–Crippen LogP) is 1.63. The van der Waals surface area contributed by atoms with E-state index in [-0.39, 0.29) is 30.0 Å². The van der Waals surface area contributed by atoms with Crippen molar-refractivity contribution in [2.45, 2.75) is 31.8 Å². The van der Waals surface area contributed by atoms with Gasteiger partial charge in [-0.2, -0.15) is 0 Å². The number of piperazine rings is 1. The Kier molecular flexibility index (Phi) is 6.78. The summed E-state index contributed by atoms with van der Waals surface area (Å²) in [6, 6.07) is 7.95. The molecule has 4 rings (SSSR count). The van der Waals surface area contributed by atoms with Gasteiger partial charge in [-0.15, -0.1) is 0 Å². The van der Waals surface area contributed by atoms with Gasteiger partial charge in [0.2, 0.25) is 17.7 Å². The van der Waals surface area contributed by atoms with Crippen LogP contribution in [-0.2, 0) is 27.2 Å². The SMILES string of the molecule is CC(=O)N1CCN(C(=O)[C@H](Cc2ccc(F)cc2)NC(=O)C2Cc3ccc(Cl)nc3N2)CC1. The van der Waals surface area contributed by atoms with Crippen LogP contribution in [0.5, 0.6) is 0 Å². The van der Waals surface area contributed by atoms with E-state index in [1.165, 1.54) is 19.1 Å². The van der Waals surface area contributed by atoms with Gasteiger partial charge < -0.3 is 20.4 Å². The number of carbonyl (C=O) groups is 3. The fourth-order valence-corrected chi connectivity index (χ4v) is 4.29. The molecule has 1 aromatic carbocycles. The zero-order valence-electron chi connectivity index (χ0n) is 18.2. The number of nitrogens with one attached hydrogen (secondary N) is 2. The number of pyridine rings is 1. The highest BCUT2D eigenvalue weighted by atomic mass is 35.5. The molecule has 8 nitrogen and oxygen atoms in total. The van der Waals surface area contributed by atoms with Crippen molar-refractivity contribution in [1.82, 2.24) is 20.1 Å². The van der Waals surface area contributed by atoms with E-state index in [1.807, 2.05) is 6.07 Å². The molecule has 0 saturated carbocycles. The average Bonchev–Trinajstić information content (AvgIpc) is 3.23. The van der Waals surface area contributed by atoms with Crippen LogP contribution in [-0.4, -0.2) is 70.8 Å². The third-order valence-electron chi connectivity index (χ3n) is 6.00. The van der Waals surface area contributed by atoms with E-state index >= 15 is 0 Å². The second-order valence-corrected chi connectivity index (χ2v) is 8.65. The molecule has 2 N–H and O–H groups in total. The smallest absolute Gasteiger partial charge is 0.245 e. The zero-order valence-corrected chi connectivity index (χ0v) is 18.9. The van der Waals surface area contributed by atoms with Gasteiger partial charge in [-0.25, -0.2) is 9.37 Å². The Balaban J connectivity index is 1.46. The van der Waals surface area contributed by atoms with Crippen molar-refractivity contribution in [3.05, 3.63) is 58.5 Å². The standard InChI is InChI=1S/C23H25ClFN5O3/c1-14(31)29-8-10-30(11-9-29)23(33)19(12-15-2-5-17(25)6-3-15)27-22(32)18-13-16-4-7-20(24)28-21(16)26-18/h2-7,18-19H,8-13H2,1H3,(H,26,28)(H,27,32)/t18?,19-/m0/s1. The fourth-order valence-electron chi connectivity index (χ4n) is 4.14. The Morgan fingerprint density at radius 2 is 1.79 bits per heavy atom. The van der Waals surface area contributed by atoms with Gasteiger partial charge in [-0.3, -0.25) is 14.4 Å². The summed E-state index contributed by atoms with van der Waals surface area (Å²) < 4.78 is 13.3. The molecule has 2 aliphatic rings. The summed E-state index contributed by atoms with van der Waals surface area (Å²) in [6.07, 6.45) is 0.654. The minimum absolute atomic E-state index is 0.0288. The number of carbonyl (C=O) groups excluding carboxylic acids is 3. The minimum Gasteiger partial charge on any atom is -0.358 e. The van der Waals surface area contributed by atoms with Gasteiger partial charge in [0.15, 0.2) is 0 Å². The van der Waals surface area contributed by atoms with Crippen LogP contribution in [0.4, 0.5) is 10.2 Å². The number of hydrogen-bond donors (Lipinski definition) is 2. The number of aromatic nitrogens is 1. The summed E-state index contributed by atoms with van der Waals surface area (Å²) in [7, 11) is 0. The summed E-state index contributed by atoms with van der Waals surface area (Å²) in [6.45, 7) is 3.19. The number of hydrogen-bond acceptors (Lipinski definition) is 5. The number of halogens is 2. The highest BCUT2D eigenvalue weighted by Gasteiger charge is 2.33. The Morgan fingerprint density at radius 3 is 2.45 bits per heavy atom. The largest absolute Gasteiger partial charge is 0.358 e. The fraction of sp³-hybridized carbons (Fsp3) is 0.391. The van der Waals surface area contributed by atoms with Gasteiger partial charge in [0.05, 0.1) is 0 Å². The third kappa shape index (κ3) is 5.42. The molecular weight excluding hydrogens is 449 g/mol. The lowest BCUT2D eigenvalue weighted by Crippen LogP contribution is -2.57. The van der Waals surface area contributed by atoms with Crippen LogP contribution in [0.25, 0.3) is 0 Å². The van der Waals surface area contributed by atoms with Gasteiger partial charge in [-0.05, 0) is 29.3 Å². The van der Waals surface area contributed by atoms with E-state index in [0.717, 1.165) is 11.1 Å². The van der Waals surface area contributed by atoms with Crippen LogP contribution in [0.2, 0.25) is 5.15 Å². The van der Waals surface area contributed by atoms with Gasteiger partial charge in [0.25, 0.3) is 0 Å². The van der Waals surface area contributed by atoms with Gasteiger partial charge >= 0.3 is 0 Å². The van der Waals surface area contributed by atoms with Crippen LogP contribution in [0.3, 0.4) is 0 Å². The molecule has 33 heavy (non-hydrogen) atoms. The molecule has 174 valence electrons. The first kappa shape index (κ1) is 23.0. The normalized spacial score (nSPS) is 18.3. The van der Waals surface area contributed by atoms with Crippen molar-refractivity contribution in [2.75, 3.05) is 31.5 Å². The van der Waals surface area contributed by atoms with Gasteiger partial charge in [-0.1, -0.05) is 29.8 Å². The van der Waals surface area contributed by atoms with E-state index in [0.29, 0.717) is 43.6 Å². The number of fused-ring (bicyclic) bond motifs is 1. The first-order chi connectivity index (χ1) is 15.8. The lowest BCUT2D eigenvalue weighted by molar-refractivity contribution is -0.141. The molecular formula is C23H25ClFN5O3. The maximum absolute atomic E-state index is 13.3. The number of anilines is 1. The molecule has 3 amide bonds. The molecule has 1 unspecified atom stereocenters. The van der Waals surface area contributed by atoms with Crippen LogP contribution >= 0.6 is 11.6 Å². The lowest BCUT2D eigenvalue weighted by atomic mass is 10.0. The zero-order chi connectivity index (χ0) is 23.5. The van der Waals surface area contributed by atoms with Crippen LogP contribution in [0, 0.1) is 5.82 Å². The maximum atomic E-state index is 13.3. The Bertz CT molecular complexity index is 1060. The van der Waals surface area contributed by atoms with Crippen molar-refractivity contribution in [3.8, 4) is 0 Å². The van der Waals surface area contributed by atoms with Gasteiger partial charge in [0, 0.05) is 45.9 Å². The van der Waals surface area contributed by atoms with Crippen molar-refractivity contribution >= 4 is 35.1 Å². The van der Waals surface area contributed by atoms with E-state index < -0.39 is 12.1 Å². The van der Waals surface area contributed by atoms with E-state index in [9.17, 15) is 18.8 Å². The summed E-state index contributed by atoms with van der Waals surface area (Å²) in [5, 5.41) is 6.27. The first-order valence-electron chi connectivity index (χ1n) is 10.8. The average molecular weight is 474 g/mol. The topological polar surface area (TPSA) is 94.6 Å². The van der Waals surface area contributed by atoms with E-state index in [4.69, 9.17) is 11.6 Å². The van der Waals surface area contributed by atoms with Crippen LogP contribution < -0.4 is 10.6 Å². The molecule has 2 aliphatic heterocycles. The lowest BCUT2D eigenvalue weighted by Gasteiger charge is -2.36. The number of benzene rings is 1. The second kappa shape index (κ2) is 9.74. The maximum Gasteiger partial charge on any atom is 0.245 e. The summed E-state index contributed by atoms with van der Waals surface area (Å²) >= 11 is 5.94. The van der Waals surface area contributed by atoms with Crippen molar-refractivity contribution < 1.29 is 18.8 Å². The molecule has 0 radical (unpaired) electrons. The summed E-state index contributed by atoms with van der Waals surface area (Å²) in [5.41, 5.74) is 1.61. The minimum atomic E-state index is -0.825. The second-order valence-electron chi connectivity index (χ2n) is 8.27. The molecule has 0 bridgehead atoms. The summed E-state index contributed by atoms with van der Waals surface area (Å²) in [5.74, 6) is -0.395. The molecule has 1 aromatic heterocycles. The quantitative estimate of drug-likeness (QED) is 0.644. The Labute approximate surface area is 196 Å². The highest BCUT2D eigenvalue weighted by Crippen LogP contribution is 2.25. The van der Waals surface area contributed by atoms with Crippen molar-refractivity contribution in [2.24, 2.45) is 0 Å². The van der Waals surface area contributed by atoms with E-state index in [1.54, 1.807) is 28.0 Å². The molecule has 1 saturated heterocycles. The van der Waals surface area contributed by atoms with Crippen LogP contribution in [0.1, 0.15) is 18.1 Å². The molecule has 10 heteroatoms. The molecule has 0 aliphatic carbocycles. The molecule has 2 atom stereocenters. The molecule has 2 aromatic rings. The summed E-state index contributed by atoms with van der Waals surface area (Å²) in [4.78, 5) is 45.6. The molecule has 1 fully saturated rings. The third-order valence-corrected chi connectivity index (χ3v) is 6.21. The highest BCUT2D eigenvalue weighted by molar-refractivity contribution is 6.29. The number of amides is 3. The Morgan fingerprint density at radius 1 is 1.12 bits per heavy atom. The first-order valence-corrected chi connectivity index (χ1v) is 11.2. The number of nitrogens with zero attached hydrogens (tertiary/aromatic N) is 3. The predicted molar refractivity (Wildman–Crippen MR) is 121 cm³/mol.